The largest absolute Gasteiger partial charge is 0.0645 e. The van der Waals surface area contributed by atoms with Gasteiger partial charge in [-0.3, -0.25) is 0 Å². The quantitative estimate of drug-likeness (QED) is 0.546. The van der Waals surface area contributed by atoms with E-state index in [9.17, 15) is 0 Å². The Bertz CT molecular complexity index is 538. The first-order valence-electron chi connectivity index (χ1n) is 8.50. The summed E-state index contributed by atoms with van der Waals surface area (Å²) >= 11 is 0. The van der Waals surface area contributed by atoms with Crippen LogP contribution in [-0.4, -0.2) is 0 Å². The van der Waals surface area contributed by atoms with E-state index in [4.69, 9.17) is 0 Å². The second-order valence-electron chi connectivity index (χ2n) is 7.18. The highest BCUT2D eigenvalue weighted by Gasteiger charge is 2.35. The van der Waals surface area contributed by atoms with Crippen molar-refractivity contribution in [2.24, 2.45) is 17.8 Å². The van der Waals surface area contributed by atoms with E-state index in [0.717, 1.165) is 0 Å². The molecule has 0 aliphatic heterocycles. The molecule has 2 atom stereocenters. The Balaban J connectivity index is 2.50. The van der Waals surface area contributed by atoms with Crippen LogP contribution in [0.25, 0.3) is 0 Å². The molecule has 0 bridgehead atoms. The van der Waals surface area contributed by atoms with Crippen LogP contribution in [0.1, 0.15) is 68.7 Å². The summed E-state index contributed by atoms with van der Waals surface area (Å²) in [6.45, 7) is 21.1. The third-order valence-electron chi connectivity index (χ3n) is 6.57. The third kappa shape index (κ3) is 2.28. The van der Waals surface area contributed by atoms with Crippen molar-refractivity contribution in [3.05, 3.63) is 44.6 Å². The minimum absolute atomic E-state index is 0.615. The van der Waals surface area contributed by atoms with Crippen molar-refractivity contribution in [1.82, 2.24) is 0 Å². The van der Waals surface area contributed by atoms with Crippen LogP contribution >= 0.6 is 0 Å². The topological polar surface area (TPSA) is 0 Å². The molecule has 2 aliphatic rings. The molecule has 2 unspecified atom stereocenters. The van der Waals surface area contributed by atoms with Crippen molar-refractivity contribution in [3.63, 3.8) is 0 Å². The van der Waals surface area contributed by atoms with Crippen LogP contribution in [0.15, 0.2) is 44.6 Å². The smallest absolute Gasteiger partial charge is 0.00278 e. The van der Waals surface area contributed by atoms with Crippen molar-refractivity contribution in [2.75, 3.05) is 0 Å². The summed E-state index contributed by atoms with van der Waals surface area (Å²) in [4.78, 5) is 0. The van der Waals surface area contributed by atoms with Gasteiger partial charge in [-0.25, -0.2) is 0 Å². The van der Waals surface area contributed by atoms with E-state index >= 15 is 0 Å². The first kappa shape index (κ1) is 16.3. The fourth-order valence-corrected chi connectivity index (χ4v) is 4.52. The molecule has 0 spiro atoms. The van der Waals surface area contributed by atoms with Gasteiger partial charge >= 0.3 is 0 Å². The highest BCUT2D eigenvalue weighted by atomic mass is 14.4. The fraction of sp³-hybridized carbons (Fsp3) is 0.619. The molecular formula is C21H32. The summed E-state index contributed by atoms with van der Waals surface area (Å²) in [5.74, 6) is 1.85. The van der Waals surface area contributed by atoms with E-state index in [1.165, 1.54) is 17.6 Å². The number of hydrogen-bond acceptors (Lipinski definition) is 0. The summed E-state index contributed by atoms with van der Waals surface area (Å²) in [5, 5.41) is 0. The van der Waals surface area contributed by atoms with Crippen LogP contribution in [0.5, 0.6) is 0 Å². The van der Waals surface area contributed by atoms with Crippen molar-refractivity contribution < 1.29 is 0 Å². The molecule has 2 aliphatic carbocycles. The average molecular weight is 284 g/mol. The lowest BCUT2D eigenvalue weighted by molar-refractivity contribution is 0.559. The lowest BCUT2D eigenvalue weighted by Crippen LogP contribution is -2.17. The second-order valence-corrected chi connectivity index (χ2v) is 7.18. The Labute approximate surface area is 131 Å². The van der Waals surface area contributed by atoms with Gasteiger partial charge in [0.15, 0.2) is 0 Å². The van der Waals surface area contributed by atoms with Gasteiger partial charge in [-0.15, -0.1) is 0 Å². The molecule has 0 saturated carbocycles. The van der Waals surface area contributed by atoms with Gasteiger partial charge in [0, 0.05) is 5.92 Å². The van der Waals surface area contributed by atoms with Gasteiger partial charge in [-0.1, -0.05) is 43.1 Å². The fourth-order valence-electron chi connectivity index (χ4n) is 4.52. The maximum atomic E-state index is 2.40. The lowest BCUT2D eigenvalue weighted by atomic mass is 9.76. The summed E-state index contributed by atoms with van der Waals surface area (Å²) in [6.07, 6.45) is 1.22. The third-order valence-corrected chi connectivity index (χ3v) is 6.57. The maximum Gasteiger partial charge on any atom is 0.00278 e. The zero-order valence-electron chi connectivity index (χ0n) is 15.4. The lowest BCUT2D eigenvalue weighted by Gasteiger charge is -2.28. The maximum absolute atomic E-state index is 2.40. The summed E-state index contributed by atoms with van der Waals surface area (Å²) in [5.41, 5.74) is 12.7. The molecule has 21 heavy (non-hydrogen) atoms. The molecule has 0 heterocycles. The van der Waals surface area contributed by atoms with Gasteiger partial charge in [0.25, 0.3) is 0 Å². The molecule has 2 rings (SSSR count). The van der Waals surface area contributed by atoms with E-state index in [1.807, 2.05) is 0 Å². The van der Waals surface area contributed by atoms with E-state index in [2.05, 4.69) is 62.3 Å². The molecule has 0 saturated heterocycles. The normalized spacial score (nSPS) is 28.4. The molecular weight excluding hydrogens is 252 g/mol. The number of rotatable bonds is 3. The summed E-state index contributed by atoms with van der Waals surface area (Å²) in [7, 11) is 0. The molecule has 116 valence electrons. The Hall–Kier alpha value is -1.04. The summed E-state index contributed by atoms with van der Waals surface area (Å²) < 4.78 is 0. The minimum Gasteiger partial charge on any atom is -0.0645 e. The van der Waals surface area contributed by atoms with Gasteiger partial charge in [-0.2, -0.15) is 0 Å². The van der Waals surface area contributed by atoms with Gasteiger partial charge in [0.05, 0.1) is 0 Å². The molecule has 0 nitrogen and oxygen atoms in total. The van der Waals surface area contributed by atoms with Crippen LogP contribution in [0, 0.1) is 17.8 Å². The Kier molecular flexibility index (Phi) is 4.38. The van der Waals surface area contributed by atoms with Gasteiger partial charge in [0.2, 0.25) is 0 Å². The van der Waals surface area contributed by atoms with E-state index in [0.29, 0.717) is 17.8 Å². The monoisotopic (exact) mass is 284 g/mol. The van der Waals surface area contributed by atoms with Crippen LogP contribution in [0.3, 0.4) is 0 Å². The van der Waals surface area contributed by atoms with Crippen molar-refractivity contribution >= 4 is 0 Å². The zero-order chi connectivity index (χ0) is 16.1. The number of hydrogen-bond donors (Lipinski definition) is 0. The average Bonchev–Trinajstić information content (AvgIpc) is 2.77. The van der Waals surface area contributed by atoms with Crippen molar-refractivity contribution in [1.29, 1.82) is 0 Å². The molecule has 0 N–H and O–H groups in total. The van der Waals surface area contributed by atoms with E-state index in [1.54, 1.807) is 33.4 Å². The van der Waals surface area contributed by atoms with E-state index < -0.39 is 0 Å². The second kappa shape index (κ2) is 5.63. The zero-order valence-corrected chi connectivity index (χ0v) is 15.4. The molecule has 0 aromatic rings. The molecule has 0 heteroatoms. The van der Waals surface area contributed by atoms with Crippen LogP contribution < -0.4 is 0 Å². The van der Waals surface area contributed by atoms with Crippen LogP contribution in [0.4, 0.5) is 0 Å². The van der Waals surface area contributed by atoms with Crippen LogP contribution in [0.2, 0.25) is 0 Å². The predicted molar refractivity (Wildman–Crippen MR) is 94.3 cm³/mol. The van der Waals surface area contributed by atoms with Crippen molar-refractivity contribution in [2.45, 2.75) is 68.7 Å². The molecule has 0 amide bonds. The highest BCUT2D eigenvalue weighted by Crippen LogP contribution is 2.49. The highest BCUT2D eigenvalue weighted by molar-refractivity contribution is 5.54. The first-order chi connectivity index (χ1) is 9.73. The Morgan fingerprint density at radius 1 is 0.667 bits per heavy atom. The predicted octanol–water partition coefficient (Wildman–Crippen LogP) is 6.62. The molecule has 0 aromatic heterocycles. The SMILES string of the molecule is CCC(C1=C(C)C(C)=C(C)C1C)C1=C(C)C(C)=C(C)C1C. The molecule has 0 radical (unpaired) electrons. The minimum atomic E-state index is 0.615. The summed E-state index contributed by atoms with van der Waals surface area (Å²) in [6, 6.07) is 0. The van der Waals surface area contributed by atoms with E-state index in [-0.39, 0.29) is 0 Å². The standard InChI is InChI=1S/C21H32/c1-10-19(20-15(6)11(2)12(3)16(20)7)21-17(8)13(4)14(5)18(21)9/h15,17,19H,10H2,1-9H3. The van der Waals surface area contributed by atoms with Gasteiger partial charge in [-0.05, 0) is 82.1 Å². The Morgan fingerprint density at radius 3 is 1.19 bits per heavy atom. The van der Waals surface area contributed by atoms with Gasteiger partial charge in [0.1, 0.15) is 0 Å². The number of allylic oxidation sites excluding steroid dienone is 8. The Morgan fingerprint density at radius 2 is 1.00 bits per heavy atom. The molecule has 0 aromatic carbocycles. The van der Waals surface area contributed by atoms with Crippen LogP contribution in [-0.2, 0) is 0 Å². The van der Waals surface area contributed by atoms with Crippen molar-refractivity contribution in [3.8, 4) is 0 Å². The van der Waals surface area contributed by atoms with Gasteiger partial charge < -0.3 is 0 Å². The molecule has 0 fully saturated rings. The first-order valence-corrected chi connectivity index (χ1v) is 8.50.